The van der Waals surface area contributed by atoms with Crippen LogP contribution in [0.15, 0.2) is 11.6 Å². The first kappa shape index (κ1) is 14.2. The Morgan fingerprint density at radius 3 is 3.14 bits per heavy atom. The van der Waals surface area contributed by atoms with Crippen molar-refractivity contribution in [3.05, 3.63) is 21.7 Å². The molecule has 21 heavy (non-hydrogen) atoms. The zero-order valence-electron chi connectivity index (χ0n) is 11.8. The van der Waals surface area contributed by atoms with Gasteiger partial charge in [-0.2, -0.15) is 9.38 Å². The number of ether oxygens (including phenoxy) is 2. The van der Waals surface area contributed by atoms with Crippen LogP contribution in [0.4, 0.5) is 11.6 Å². The molecule has 2 atom stereocenters. The Morgan fingerprint density at radius 1 is 1.62 bits per heavy atom. The third-order valence-electron chi connectivity index (χ3n) is 3.37. The van der Waals surface area contributed by atoms with Crippen LogP contribution in [0.3, 0.4) is 0 Å². The van der Waals surface area contributed by atoms with Crippen LogP contribution in [0, 0.1) is 10.1 Å². The van der Waals surface area contributed by atoms with E-state index in [0.29, 0.717) is 30.5 Å². The first-order valence-electron chi connectivity index (χ1n) is 6.59. The molecule has 3 heterocycles. The molecule has 1 aliphatic heterocycles. The van der Waals surface area contributed by atoms with Gasteiger partial charge in [0.15, 0.2) is 0 Å². The van der Waals surface area contributed by atoms with Crippen molar-refractivity contribution in [1.82, 2.24) is 9.38 Å². The topological polar surface area (TPSA) is 82.1 Å². The molecule has 2 aromatic rings. The monoisotopic (exact) mass is 312 g/mol. The van der Waals surface area contributed by atoms with Crippen LogP contribution in [0.1, 0.15) is 6.92 Å². The number of imidazole rings is 1. The van der Waals surface area contributed by atoms with Gasteiger partial charge in [0.2, 0.25) is 5.82 Å². The van der Waals surface area contributed by atoms with Crippen molar-refractivity contribution in [3.8, 4) is 0 Å². The van der Waals surface area contributed by atoms with Gasteiger partial charge in [-0.1, -0.05) is 11.3 Å². The highest BCUT2D eigenvalue weighted by Gasteiger charge is 2.33. The fraction of sp³-hybridized carbons (Fsp3) is 0.583. The molecule has 1 saturated heterocycles. The number of hydrogen-bond acceptors (Lipinski definition) is 7. The first-order chi connectivity index (χ1) is 10.1. The number of morpholine rings is 1. The zero-order chi connectivity index (χ0) is 15.0. The maximum Gasteiger partial charge on any atom is 0.373 e. The van der Waals surface area contributed by atoms with Gasteiger partial charge < -0.3 is 24.5 Å². The van der Waals surface area contributed by atoms with Crippen LogP contribution in [0.25, 0.3) is 4.96 Å². The Kier molecular flexibility index (Phi) is 3.79. The van der Waals surface area contributed by atoms with Gasteiger partial charge in [0.25, 0.3) is 4.96 Å². The van der Waals surface area contributed by atoms with E-state index < -0.39 is 0 Å². The second kappa shape index (κ2) is 5.58. The summed E-state index contributed by atoms with van der Waals surface area (Å²) in [6.07, 6.45) is 1.53. The number of nitro groups is 1. The van der Waals surface area contributed by atoms with Gasteiger partial charge in [0, 0.05) is 25.6 Å². The van der Waals surface area contributed by atoms with Gasteiger partial charge in [-0.15, -0.1) is 0 Å². The van der Waals surface area contributed by atoms with Crippen molar-refractivity contribution >= 4 is 27.9 Å². The number of fused-ring (bicyclic) bond motifs is 1. The number of rotatable bonds is 4. The maximum absolute atomic E-state index is 11.4. The van der Waals surface area contributed by atoms with E-state index in [1.165, 1.54) is 15.7 Å². The molecule has 1 fully saturated rings. The summed E-state index contributed by atoms with van der Waals surface area (Å²) in [6, 6.07) is 0. The van der Waals surface area contributed by atoms with Crippen molar-refractivity contribution in [2.75, 3.05) is 31.7 Å². The number of thiazole rings is 1. The number of methoxy groups -OCH3 is 1. The summed E-state index contributed by atoms with van der Waals surface area (Å²) in [5.41, 5.74) is 0. The fourth-order valence-electron chi connectivity index (χ4n) is 2.64. The number of aromatic nitrogens is 2. The Labute approximate surface area is 125 Å². The highest BCUT2D eigenvalue weighted by Crippen LogP contribution is 2.32. The lowest BCUT2D eigenvalue weighted by atomic mass is 10.2. The highest BCUT2D eigenvalue weighted by molar-refractivity contribution is 7.15. The molecule has 9 heteroatoms. The molecule has 0 radical (unpaired) electrons. The van der Waals surface area contributed by atoms with Crippen LogP contribution in [-0.2, 0) is 9.47 Å². The van der Waals surface area contributed by atoms with Gasteiger partial charge in [-0.05, 0) is 11.8 Å². The first-order valence-corrected chi connectivity index (χ1v) is 7.47. The minimum Gasteiger partial charge on any atom is -0.382 e. The molecule has 114 valence electrons. The van der Waals surface area contributed by atoms with Crippen LogP contribution in [-0.4, -0.2) is 53.3 Å². The normalized spacial score (nSPS) is 22.9. The third kappa shape index (κ3) is 2.59. The second-order valence-corrected chi connectivity index (χ2v) is 5.87. The lowest BCUT2D eigenvalue weighted by Crippen LogP contribution is -2.48. The highest BCUT2D eigenvalue weighted by atomic mass is 32.1. The van der Waals surface area contributed by atoms with Gasteiger partial charge >= 0.3 is 5.82 Å². The average Bonchev–Trinajstić information content (AvgIpc) is 2.97. The summed E-state index contributed by atoms with van der Waals surface area (Å²) in [5.74, 6) is 0.416. The van der Waals surface area contributed by atoms with E-state index in [9.17, 15) is 10.1 Å². The van der Waals surface area contributed by atoms with Crippen LogP contribution in [0.5, 0.6) is 0 Å². The van der Waals surface area contributed by atoms with Crippen LogP contribution in [0.2, 0.25) is 0 Å². The van der Waals surface area contributed by atoms with Crippen molar-refractivity contribution in [3.63, 3.8) is 0 Å². The van der Waals surface area contributed by atoms with Crippen molar-refractivity contribution < 1.29 is 14.4 Å². The van der Waals surface area contributed by atoms with Gasteiger partial charge in [-0.3, -0.25) is 0 Å². The largest absolute Gasteiger partial charge is 0.382 e. The van der Waals surface area contributed by atoms with Gasteiger partial charge in [0.05, 0.1) is 18.8 Å². The van der Waals surface area contributed by atoms with Crippen molar-refractivity contribution in [2.45, 2.75) is 19.1 Å². The summed E-state index contributed by atoms with van der Waals surface area (Å²) in [4.78, 5) is 18.0. The number of nitrogens with zero attached hydrogens (tertiary/aromatic N) is 4. The molecule has 0 N–H and O–H groups in total. The molecule has 2 unspecified atom stereocenters. The molecule has 0 aliphatic carbocycles. The zero-order valence-corrected chi connectivity index (χ0v) is 12.6. The minimum atomic E-state index is -0.381. The molecule has 0 spiro atoms. The maximum atomic E-state index is 11.4. The molecule has 1 aliphatic rings. The summed E-state index contributed by atoms with van der Waals surface area (Å²) in [6.45, 7) is 3.51. The van der Waals surface area contributed by atoms with E-state index in [1.54, 1.807) is 18.7 Å². The Hall–Kier alpha value is -1.71. The van der Waals surface area contributed by atoms with Gasteiger partial charge in [0.1, 0.15) is 6.20 Å². The van der Waals surface area contributed by atoms with E-state index in [0.717, 1.165) is 0 Å². The Balaban J connectivity index is 1.96. The van der Waals surface area contributed by atoms with Crippen molar-refractivity contribution in [1.29, 1.82) is 0 Å². The number of anilines is 1. The minimum absolute atomic E-state index is 0.0107. The molecule has 8 nitrogen and oxygen atoms in total. The van der Waals surface area contributed by atoms with E-state index in [1.807, 2.05) is 11.8 Å². The smallest absolute Gasteiger partial charge is 0.373 e. The molecule has 0 aromatic carbocycles. The lowest BCUT2D eigenvalue weighted by Gasteiger charge is -2.36. The summed E-state index contributed by atoms with van der Waals surface area (Å²) in [5, 5.41) is 13.2. The molecule has 3 rings (SSSR count). The number of hydrogen-bond donors (Lipinski definition) is 0. The Bertz CT molecular complexity index is 655. The molecule has 0 saturated carbocycles. The van der Waals surface area contributed by atoms with E-state index >= 15 is 0 Å². The fourth-order valence-corrected chi connectivity index (χ4v) is 3.34. The Morgan fingerprint density at radius 2 is 2.43 bits per heavy atom. The molecule has 0 bridgehead atoms. The SMILES string of the molecule is COCC1CN(c2nc3sccn3c2[N+](=O)[O-])CC(C)O1. The standard InChI is InChI=1S/C12H16N4O4S/c1-8-5-14(6-9(20-8)7-19-2)10-11(16(17)18)15-3-4-21-12(15)13-10/h3-4,8-9H,5-7H2,1-2H3. The van der Waals surface area contributed by atoms with E-state index in [-0.39, 0.29) is 22.9 Å². The molecule has 2 aromatic heterocycles. The van der Waals surface area contributed by atoms with Crippen molar-refractivity contribution in [2.24, 2.45) is 0 Å². The predicted molar refractivity (Wildman–Crippen MR) is 78.1 cm³/mol. The lowest BCUT2D eigenvalue weighted by molar-refractivity contribution is -0.389. The molecular formula is C12H16N4O4S. The summed E-state index contributed by atoms with van der Waals surface area (Å²) < 4.78 is 12.4. The quantitative estimate of drug-likeness (QED) is 0.629. The average molecular weight is 312 g/mol. The van der Waals surface area contributed by atoms with Crippen LogP contribution >= 0.6 is 11.3 Å². The summed E-state index contributed by atoms with van der Waals surface area (Å²) >= 11 is 1.38. The van der Waals surface area contributed by atoms with E-state index in [2.05, 4.69) is 4.98 Å². The predicted octanol–water partition coefficient (Wildman–Crippen LogP) is 1.54. The third-order valence-corrected chi connectivity index (χ3v) is 4.13. The van der Waals surface area contributed by atoms with E-state index in [4.69, 9.17) is 9.47 Å². The summed E-state index contributed by atoms with van der Waals surface area (Å²) in [7, 11) is 1.61. The molecular weight excluding hydrogens is 296 g/mol. The van der Waals surface area contributed by atoms with Gasteiger partial charge in [-0.25, -0.2) is 0 Å². The molecule has 0 amide bonds. The van der Waals surface area contributed by atoms with Crippen LogP contribution < -0.4 is 4.90 Å². The second-order valence-electron chi connectivity index (χ2n) is 5.00.